The molecule has 96 valence electrons. The van der Waals surface area contributed by atoms with Crippen molar-refractivity contribution in [1.82, 2.24) is 0 Å². The SMILES string of the molecule is CC[SiH]1O[Si](CC)(CC)O[Si](CC)(CC)O1. The first-order valence-corrected chi connectivity index (χ1v) is 12.9. The Morgan fingerprint density at radius 3 is 1.38 bits per heavy atom. The fraction of sp³-hybridized carbons (Fsp3) is 1.00. The summed E-state index contributed by atoms with van der Waals surface area (Å²) in [5.74, 6) is 0. The van der Waals surface area contributed by atoms with E-state index < -0.39 is 26.4 Å². The Morgan fingerprint density at radius 1 is 0.750 bits per heavy atom. The second-order valence-electron chi connectivity index (χ2n) is 4.41. The van der Waals surface area contributed by atoms with Gasteiger partial charge in [0.05, 0.1) is 0 Å². The summed E-state index contributed by atoms with van der Waals surface area (Å²) in [6, 6.07) is 5.37. The zero-order valence-electron chi connectivity index (χ0n) is 11.3. The molecule has 1 fully saturated rings. The smallest absolute Gasteiger partial charge is 0.319 e. The van der Waals surface area contributed by atoms with Gasteiger partial charge in [-0.15, -0.1) is 0 Å². The molecule has 0 unspecified atom stereocenters. The first kappa shape index (κ1) is 14.6. The van der Waals surface area contributed by atoms with Crippen molar-refractivity contribution in [3.8, 4) is 0 Å². The van der Waals surface area contributed by atoms with Crippen molar-refractivity contribution in [3.05, 3.63) is 0 Å². The predicted molar refractivity (Wildman–Crippen MR) is 74.3 cm³/mol. The van der Waals surface area contributed by atoms with E-state index in [9.17, 15) is 0 Å². The van der Waals surface area contributed by atoms with Crippen LogP contribution >= 0.6 is 0 Å². The van der Waals surface area contributed by atoms with Crippen molar-refractivity contribution >= 4 is 26.4 Å². The van der Waals surface area contributed by atoms with Crippen molar-refractivity contribution in [2.75, 3.05) is 0 Å². The highest BCUT2D eigenvalue weighted by atomic mass is 28.5. The molecule has 0 spiro atoms. The first-order valence-electron chi connectivity index (χ1n) is 6.65. The van der Waals surface area contributed by atoms with Crippen molar-refractivity contribution in [2.45, 2.75) is 64.8 Å². The fourth-order valence-corrected chi connectivity index (χ4v) is 17.9. The second kappa shape index (κ2) is 5.92. The lowest BCUT2D eigenvalue weighted by molar-refractivity contribution is 0.233. The van der Waals surface area contributed by atoms with Gasteiger partial charge >= 0.3 is 26.4 Å². The summed E-state index contributed by atoms with van der Waals surface area (Å²) in [5.41, 5.74) is 0. The van der Waals surface area contributed by atoms with E-state index in [4.69, 9.17) is 12.3 Å². The minimum absolute atomic E-state index is 1.07. The van der Waals surface area contributed by atoms with Gasteiger partial charge in [-0.1, -0.05) is 34.6 Å². The number of rotatable bonds is 5. The third-order valence-electron chi connectivity index (χ3n) is 3.55. The molecular weight excluding hydrogens is 252 g/mol. The lowest BCUT2D eigenvalue weighted by atomic mass is 10.9. The van der Waals surface area contributed by atoms with Gasteiger partial charge in [-0.25, -0.2) is 0 Å². The second-order valence-corrected chi connectivity index (χ2v) is 15.3. The number of hydrogen-bond donors (Lipinski definition) is 0. The maximum absolute atomic E-state index is 6.46. The number of hydrogen-bond acceptors (Lipinski definition) is 3. The minimum Gasteiger partial charge on any atom is -0.418 e. The third-order valence-corrected chi connectivity index (χ3v) is 17.0. The Hall–Kier alpha value is 0.531. The van der Waals surface area contributed by atoms with Crippen LogP contribution in [-0.2, 0) is 12.3 Å². The van der Waals surface area contributed by atoms with Crippen LogP contribution in [0.1, 0.15) is 34.6 Å². The average Bonchev–Trinajstić information content (AvgIpc) is 2.37. The van der Waals surface area contributed by atoms with Gasteiger partial charge in [0.25, 0.3) is 0 Å². The maximum atomic E-state index is 6.46. The molecule has 0 aliphatic carbocycles. The van der Waals surface area contributed by atoms with Gasteiger partial charge in [-0.2, -0.15) is 0 Å². The van der Waals surface area contributed by atoms with Crippen LogP contribution in [0.5, 0.6) is 0 Å². The van der Waals surface area contributed by atoms with Gasteiger partial charge in [-0.05, 0) is 30.2 Å². The minimum atomic E-state index is -1.89. The Morgan fingerprint density at radius 2 is 1.12 bits per heavy atom. The highest BCUT2D eigenvalue weighted by molar-refractivity contribution is 6.89. The van der Waals surface area contributed by atoms with Gasteiger partial charge < -0.3 is 12.3 Å². The van der Waals surface area contributed by atoms with Crippen LogP contribution in [0.3, 0.4) is 0 Å². The van der Waals surface area contributed by atoms with E-state index in [1.165, 1.54) is 0 Å². The van der Waals surface area contributed by atoms with Crippen molar-refractivity contribution in [3.63, 3.8) is 0 Å². The molecule has 0 aromatic heterocycles. The zero-order valence-corrected chi connectivity index (χ0v) is 14.5. The Kier molecular flexibility index (Phi) is 5.40. The molecule has 6 heteroatoms. The van der Waals surface area contributed by atoms with E-state index >= 15 is 0 Å². The topological polar surface area (TPSA) is 27.7 Å². The van der Waals surface area contributed by atoms with E-state index in [0.717, 1.165) is 30.2 Å². The molecule has 0 N–H and O–H groups in total. The van der Waals surface area contributed by atoms with Gasteiger partial charge in [0.15, 0.2) is 0 Å². The van der Waals surface area contributed by atoms with Crippen LogP contribution < -0.4 is 0 Å². The molecule has 1 heterocycles. The van der Waals surface area contributed by atoms with Gasteiger partial charge in [0, 0.05) is 0 Å². The molecule has 1 aliphatic heterocycles. The molecule has 0 radical (unpaired) electrons. The summed E-state index contributed by atoms with van der Waals surface area (Å²) in [7, 11) is -5.21. The highest BCUT2D eigenvalue weighted by Crippen LogP contribution is 2.35. The summed E-state index contributed by atoms with van der Waals surface area (Å²) in [5, 5.41) is 0. The molecule has 1 saturated heterocycles. The molecule has 16 heavy (non-hydrogen) atoms. The first-order chi connectivity index (χ1) is 7.59. The van der Waals surface area contributed by atoms with Crippen LogP contribution in [0.25, 0.3) is 0 Å². The Bertz CT molecular complexity index is 197. The third kappa shape index (κ3) is 2.85. The van der Waals surface area contributed by atoms with Gasteiger partial charge in [0.2, 0.25) is 0 Å². The summed E-state index contributed by atoms with van der Waals surface area (Å²) >= 11 is 0. The lowest BCUT2D eigenvalue weighted by Gasteiger charge is -2.47. The fourth-order valence-electron chi connectivity index (χ4n) is 2.18. The van der Waals surface area contributed by atoms with Crippen LogP contribution in [0.15, 0.2) is 0 Å². The molecule has 0 bridgehead atoms. The van der Waals surface area contributed by atoms with Crippen LogP contribution in [0, 0.1) is 0 Å². The Balaban J connectivity index is 2.90. The molecule has 0 aromatic rings. The monoisotopic (exact) mass is 278 g/mol. The summed E-state index contributed by atoms with van der Waals surface area (Å²) in [6.45, 7) is 11.1. The summed E-state index contributed by atoms with van der Waals surface area (Å²) in [6.07, 6.45) is 0. The Labute approximate surface area is 104 Å². The molecule has 0 amide bonds. The van der Waals surface area contributed by atoms with Crippen molar-refractivity contribution in [1.29, 1.82) is 0 Å². The normalized spacial score (nSPS) is 24.6. The standard InChI is InChI=1S/C10H26O3Si3/c1-6-14-11-15(7-2,8-3)13-16(9-4,10-5)12-14/h14H,6-10H2,1-5H3. The van der Waals surface area contributed by atoms with E-state index in [1.54, 1.807) is 0 Å². The van der Waals surface area contributed by atoms with E-state index in [1.807, 2.05) is 0 Å². The van der Waals surface area contributed by atoms with Crippen LogP contribution in [-0.4, -0.2) is 26.4 Å². The molecule has 3 nitrogen and oxygen atoms in total. The molecule has 0 aromatic carbocycles. The van der Waals surface area contributed by atoms with Crippen molar-refractivity contribution in [2.24, 2.45) is 0 Å². The van der Waals surface area contributed by atoms with Gasteiger partial charge in [0.1, 0.15) is 0 Å². The predicted octanol–water partition coefficient (Wildman–Crippen LogP) is 3.25. The lowest BCUT2D eigenvalue weighted by Crippen LogP contribution is -2.63. The van der Waals surface area contributed by atoms with E-state index in [2.05, 4.69) is 34.6 Å². The largest absolute Gasteiger partial charge is 0.418 e. The van der Waals surface area contributed by atoms with Crippen LogP contribution in [0.2, 0.25) is 30.2 Å². The molecular formula is C10H26O3Si3. The summed E-state index contributed by atoms with van der Waals surface area (Å²) < 4.78 is 19.0. The van der Waals surface area contributed by atoms with E-state index in [0.29, 0.717) is 0 Å². The molecule has 1 rings (SSSR count). The van der Waals surface area contributed by atoms with Crippen LogP contribution in [0.4, 0.5) is 0 Å². The van der Waals surface area contributed by atoms with E-state index in [-0.39, 0.29) is 0 Å². The zero-order chi connectivity index (χ0) is 12.2. The molecule has 1 aliphatic rings. The maximum Gasteiger partial charge on any atom is 0.319 e. The van der Waals surface area contributed by atoms with Gasteiger partial charge in [-0.3, -0.25) is 0 Å². The highest BCUT2D eigenvalue weighted by Gasteiger charge is 2.52. The van der Waals surface area contributed by atoms with Crippen molar-refractivity contribution < 1.29 is 12.3 Å². The quantitative estimate of drug-likeness (QED) is 0.723. The summed E-state index contributed by atoms with van der Waals surface area (Å²) in [4.78, 5) is 0. The molecule has 0 saturated carbocycles. The average molecular weight is 279 g/mol. The molecule has 0 atom stereocenters.